The van der Waals surface area contributed by atoms with Crippen molar-refractivity contribution in [2.45, 2.75) is 33.2 Å². The first-order valence-electron chi connectivity index (χ1n) is 6.43. The Morgan fingerprint density at radius 3 is 2.67 bits per heavy atom. The van der Waals surface area contributed by atoms with Crippen molar-refractivity contribution in [2.75, 3.05) is 18.1 Å². The molecule has 2 rings (SSSR count). The van der Waals surface area contributed by atoms with Crippen LogP contribution in [-0.2, 0) is 9.84 Å². The molecule has 0 bridgehead atoms. The van der Waals surface area contributed by atoms with Crippen LogP contribution in [0.4, 0.5) is 0 Å². The van der Waals surface area contributed by atoms with Gasteiger partial charge in [0.2, 0.25) is 0 Å². The summed E-state index contributed by atoms with van der Waals surface area (Å²) in [6.45, 7) is 7.18. The van der Waals surface area contributed by atoms with Crippen molar-refractivity contribution in [3.63, 3.8) is 0 Å². The lowest BCUT2D eigenvalue weighted by Gasteiger charge is -2.23. The van der Waals surface area contributed by atoms with Crippen molar-refractivity contribution in [3.05, 3.63) is 21.4 Å². The van der Waals surface area contributed by atoms with Crippen LogP contribution in [0.1, 0.15) is 34.7 Å². The van der Waals surface area contributed by atoms with E-state index in [2.05, 4.69) is 32.2 Å². The lowest BCUT2D eigenvalue weighted by molar-refractivity contribution is 0.400. The molecule has 1 aliphatic heterocycles. The maximum absolute atomic E-state index is 11.6. The third-order valence-corrected chi connectivity index (χ3v) is 6.35. The Hall–Kier alpha value is -0.390. The third kappa shape index (κ3) is 2.95. The molecular formula is C13H21NO2S2. The summed E-state index contributed by atoms with van der Waals surface area (Å²) in [5.41, 5.74) is 1.29. The molecule has 0 radical (unpaired) electrons. The summed E-state index contributed by atoms with van der Waals surface area (Å²) >= 11 is 1.79. The summed E-state index contributed by atoms with van der Waals surface area (Å²) in [6.07, 6.45) is 0.786. The largest absolute Gasteiger partial charge is 0.310 e. The number of aryl methyl sites for hydroxylation is 2. The SMILES string of the molecule is CCNC(c1cc(C)sc1C)C1CCS(=O)(=O)C1. The maximum atomic E-state index is 11.6. The molecule has 0 saturated carbocycles. The molecule has 1 saturated heterocycles. The summed E-state index contributed by atoms with van der Waals surface area (Å²) in [6, 6.07) is 2.40. The highest BCUT2D eigenvalue weighted by Gasteiger charge is 2.34. The molecule has 1 aromatic rings. The fourth-order valence-corrected chi connectivity index (χ4v) is 5.61. The fraction of sp³-hybridized carbons (Fsp3) is 0.692. The van der Waals surface area contributed by atoms with Crippen LogP contribution in [0.5, 0.6) is 0 Å². The molecule has 2 atom stereocenters. The Labute approximate surface area is 114 Å². The molecule has 102 valence electrons. The summed E-state index contributed by atoms with van der Waals surface area (Å²) in [4.78, 5) is 2.61. The van der Waals surface area contributed by atoms with Crippen molar-refractivity contribution in [2.24, 2.45) is 5.92 Å². The van der Waals surface area contributed by atoms with Crippen LogP contribution in [0.25, 0.3) is 0 Å². The third-order valence-electron chi connectivity index (χ3n) is 3.58. The van der Waals surface area contributed by atoms with E-state index in [9.17, 15) is 8.42 Å². The smallest absolute Gasteiger partial charge is 0.150 e. The first-order chi connectivity index (χ1) is 8.43. The van der Waals surface area contributed by atoms with E-state index in [1.54, 1.807) is 11.3 Å². The predicted molar refractivity (Wildman–Crippen MR) is 77.0 cm³/mol. The molecule has 2 unspecified atom stereocenters. The van der Waals surface area contributed by atoms with Crippen molar-refractivity contribution in [1.29, 1.82) is 0 Å². The summed E-state index contributed by atoms with van der Waals surface area (Å²) < 4.78 is 23.3. The number of sulfone groups is 1. The number of hydrogen-bond donors (Lipinski definition) is 1. The van der Waals surface area contributed by atoms with Crippen LogP contribution in [0.3, 0.4) is 0 Å². The van der Waals surface area contributed by atoms with Crippen molar-refractivity contribution in [3.8, 4) is 0 Å². The Kier molecular flexibility index (Phi) is 4.14. The highest BCUT2D eigenvalue weighted by Crippen LogP contribution is 2.35. The second-order valence-electron chi connectivity index (χ2n) is 5.07. The van der Waals surface area contributed by atoms with Gasteiger partial charge in [-0.2, -0.15) is 0 Å². The molecule has 18 heavy (non-hydrogen) atoms. The van der Waals surface area contributed by atoms with Gasteiger partial charge in [0.1, 0.15) is 0 Å². The quantitative estimate of drug-likeness (QED) is 0.925. The molecule has 5 heteroatoms. The molecule has 0 aromatic carbocycles. The Balaban J connectivity index is 2.26. The minimum Gasteiger partial charge on any atom is -0.310 e. The second-order valence-corrected chi connectivity index (χ2v) is 8.76. The number of thiophene rings is 1. The normalized spacial score (nSPS) is 24.3. The van der Waals surface area contributed by atoms with E-state index < -0.39 is 9.84 Å². The zero-order valence-electron chi connectivity index (χ0n) is 11.2. The summed E-state index contributed by atoms with van der Waals surface area (Å²) in [5, 5.41) is 3.47. The van der Waals surface area contributed by atoms with Gasteiger partial charge in [-0.25, -0.2) is 8.42 Å². The van der Waals surface area contributed by atoms with Crippen LogP contribution in [0, 0.1) is 19.8 Å². The minimum atomic E-state index is -2.81. The first-order valence-corrected chi connectivity index (χ1v) is 9.07. The Morgan fingerprint density at radius 1 is 1.50 bits per heavy atom. The van der Waals surface area contributed by atoms with Gasteiger partial charge in [0.15, 0.2) is 9.84 Å². The van der Waals surface area contributed by atoms with Gasteiger partial charge in [-0.3, -0.25) is 0 Å². The lowest BCUT2D eigenvalue weighted by atomic mass is 9.92. The Morgan fingerprint density at radius 2 is 2.22 bits per heavy atom. The van der Waals surface area contributed by atoms with Crippen LogP contribution in [0.2, 0.25) is 0 Å². The van der Waals surface area contributed by atoms with Crippen LogP contribution in [-0.4, -0.2) is 26.5 Å². The topological polar surface area (TPSA) is 46.2 Å². The molecule has 0 amide bonds. The van der Waals surface area contributed by atoms with Gasteiger partial charge in [0.05, 0.1) is 11.5 Å². The van der Waals surface area contributed by atoms with E-state index >= 15 is 0 Å². The van der Waals surface area contributed by atoms with Gasteiger partial charge in [0.25, 0.3) is 0 Å². The Bertz CT molecular complexity index is 519. The van der Waals surface area contributed by atoms with E-state index in [1.807, 2.05) is 0 Å². The average molecular weight is 287 g/mol. The van der Waals surface area contributed by atoms with Crippen molar-refractivity contribution in [1.82, 2.24) is 5.32 Å². The molecule has 0 aliphatic carbocycles. The van der Waals surface area contributed by atoms with Gasteiger partial charge in [-0.1, -0.05) is 6.92 Å². The van der Waals surface area contributed by atoms with Crippen molar-refractivity contribution >= 4 is 21.2 Å². The zero-order valence-corrected chi connectivity index (χ0v) is 12.8. The molecule has 1 aromatic heterocycles. The molecule has 1 aliphatic rings. The van der Waals surface area contributed by atoms with Crippen LogP contribution in [0.15, 0.2) is 6.07 Å². The first kappa shape index (κ1) is 14.0. The molecule has 2 heterocycles. The highest BCUT2D eigenvalue weighted by atomic mass is 32.2. The fourth-order valence-electron chi connectivity index (χ4n) is 2.80. The summed E-state index contributed by atoms with van der Waals surface area (Å²) in [5.74, 6) is 0.906. The van der Waals surface area contributed by atoms with Gasteiger partial charge >= 0.3 is 0 Å². The number of hydrogen-bond acceptors (Lipinski definition) is 4. The van der Waals surface area contributed by atoms with Gasteiger partial charge < -0.3 is 5.32 Å². The standard InChI is InChI=1S/C13H21NO2S2/c1-4-14-13(11-5-6-18(15,16)8-11)12-7-9(2)17-10(12)3/h7,11,13-14H,4-6,8H2,1-3H3. The van der Waals surface area contributed by atoms with E-state index in [0.717, 1.165) is 13.0 Å². The molecule has 1 N–H and O–H groups in total. The molecule has 0 spiro atoms. The summed E-state index contributed by atoms with van der Waals surface area (Å²) in [7, 11) is -2.81. The van der Waals surface area contributed by atoms with Crippen LogP contribution < -0.4 is 5.32 Å². The number of rotatable bonds is 4. The molecular weight excluding hydrogens is 266 g/mol. The molecule has 1 fully saturated rings. The monoisotopic (exact) mass is 287 g/mol. The maximum Gasteiger partial charge on any atom is 0.150 e. The second kappa shape index (κ2) is 5.31. The van der Waals surface area contributed by atoms with E-state index in [1.165, 1.54) is 15.3 Å². The number of nitrogens with one attached hydrogen (secondary N) is 1. The van der Waals surface area contributed by atoms with Crippen molar-refractivity contribution < 1.29 is 8.42 Å². The lowest BCUT2D eigenvalue weighted by Crippen LogP contribution is -2.29. The zero-order chi connectivity index (χ0) is 13.3. The average Bonchev–Trinajstić information content (AvgIpc) is 2.78. The van der Waals surface area contributed by atoms with Gasteiger partial charge in [-0.15, -0.1) is 11.3 Å². The van der Waals surface area contributed by atoms with Crippen LogP contribution >= 0.6 is 11.3 Å². The van der Waals surface area contributed by atoms with Gasteiger partial charge in [-0.05, 0) is 44.4 Å². The highest BCUT2D eigenvalue weighted by molar-refractivity contribution is 7.91. The van der Waals surface area contributed by atoms with E-state index in [-0.39, 0.29) is 12.0 Å². The van der Waals surface area contributed by atoms with E-state index in [4.69, 9.17) is 0 Å². The van der Waals surface area contributed by atoms with E-state index in [0.29, 0.717) is 11.5 Å². The molecule has 3 nitrogen and oxygen atoms in total. The van der Waals surface area contributed by atoms with Gasteiger partial charge in [0, 0.05) is 15.8 Å². The predicted octanol–water partition coefficient (Wildman–Crippen LogP) is 2.45. The minimum absolute atomic E-state index is 0.192.